The van der Waals surface area contributed by atoms with Crippen LogP contribution in [0.3, 0.4) is 0 Å². The number of carbonyl (C=O) groups excluding carboxylic acids is 3. The number of nitrogens with one attached hydrogen (secondary N) is 1. The van der Waals surface area contributed by atoms with E-state index in [1.54, 1.807) is 24.3 Å². The maximum absolute atomic E-state index is 12.8. The van der Waals surface area contributed by atoms with Gasteiger partial charge in [-0.1, -0.05) is 17.7 Å². The van der Waals surface area contributed by atoms with Crippen LogP contribution in [-0.4, -0.2) is 22.8 Å². The van der Waals surface area contributed by atoms with Gasteiger partial charge >= 0.3 is 6.03 Å². The Morgan fingerprint density at radius 2 is 1.83 bits per heavy atom. The molecule has 1 fully saturated rings. The molecule has 0 aliphatic carbocycles. The number of carbonyl (C=O) groups is 3. The Bertz CT molecular complexity index is 1170. The standard InChI is InChI=1S/C21H14ClN3O4/c1-12-2-3-13(22)10-16(12)18-5-4-15(29-18)11-17-19(26)24-21(28)25(20(17)27)14-6-8-23-9-7-14/h2-11H,1H3,(H,24,26,28)/b17-11+. The molecular formula is C21H14ClN3O4. The Labute approximate surface area is 170 Å². The molecule has 1 N–H and O–H groups in total. The van der Waals surface area contributed by atoms with Crippen LogP contribution in [-0.2, 0) is 9.59 Å². The molecule has 4 amide bonds. The van der Waals surface area contributed by atoms with Gasteiger partial charge in [0, 0.05) is 23.0 Å². The zero-order chi connectivity index (χ0) is 20.5. The molecule has 1 aliphatic rings. The van der Waals surface area contributed by atoms with E-state index in [4.69, 9.17) is 16.0 Å². The number of anilines is 1. The fourth-order valence-corrected chi connectivity index (χ4v) is 3.13. The van der Waals surface area contributed by atoms with Crippen molar-refractivity contribution in [3.8, 4) is 11.3 Å². The molecule has 2 aromatic heterocycles. The van der Waals surface area contributed by atoms with Crippen molar-refractivity contribution in [2.24, 2.45) is 0 Å². The van der Waals surface area contributed by atoms with E-state index < -0.39 is 17.8 Å². The van der Waals surface area contributed by atoms with Crippen molar-refractivity contribution < 1.29 is 18.8 Å². The number of pyridine rings is 1. The monoisotopic (exact) mass is 407 g/mol. The molecule has 0 spiro atoms. The first-order chi connectivity index (χ1) is 13.9. The molecular weight excluding hydrogens is 394 g/mol. The predicted octanol–water partition coefficient (Wildman–Crippen LogP) is 3.97. The molecule has 0 unspecified atom stereocenters. The van der Waals surface area contributed by atoms with Crippen LogP contribution in [0.4, 0.5) is 10.5 Å². The van der Waals surface area contributed by atoms with Crippen molar-refractivity contribution in [2.45, 2.75) is 6.92 Å². The molecule has 3 heterocycles. The van der Waals surface area contributed by atoms with Crippen molar-refractivity contribution in [1.82, 2.24) is 10.3 Å². The summed E-state index contributed by atoms with van der Waals surface area (Å²) in [7, 11) is 0. The zero-order valence-electron chi connectivity index (χ0n) is 15.2. The van der Waals surface area contributed by atoms with Crippen molar-refractivity contribution in [3.05, 3.63) is 76.8 Å². The normalized spacial score (nSPS) is 15.7. The van der Waals surface area contributed by atoms with E-state index in [1.807, 2.05) is 13.0 Å². The lowest BCUT2D eigenvalue weighted by atomic mass is 10.1. The second-order valence-electron chi connectivity index (χ2n) is 6.32. The van der Waals surface area contributed by atoms with Crippen molar-refractivity contribution >= 4 is 41.2 Å². The number of barbiturate groups is 1. The molecule has 0 bridgehead atoms. The number of benzene rings is 1. The second-order valence-corrected chi connectivity index (χ2v) is 6.76. The summed E-state index contributed by atoms with van der Waals surface area (Å²) in [5.74, 6) is -0.700. The van der Waals surface area contributed by atoms with Crippen molar-refractivity contribution in [2.75, 3.05) is 4.90 Å². The number of hydrogen-bond donors (Lipinski definition) is 1. The lowest BCUT2D eigenvalue weighted by molar-refractivity contribution is -0.122. The molecule has 7 nitrogen and oxygen atoms in total. The third-order valence-electron chi connectivity index (χ3n) is 4.40. The highest BCUT2D eigenvalue weighted by molar-refractivity contribution is 6.39. The summed E-state index contributed by atoms with van der Waals surface area (Å²) in [5.41, 5.74) is 1.85. The van der Waals surface area contributed by atoms with E-state index in [1.165, 1.54) is 30.6 Å². The summed E-state index contributed by atoms with van der Waals surface area (Å²) in [6, 6.07) is 11.0. The number of amides is 4. The average molecular weight is 408 g/mol. The van der Waals surface area contributed by atoms with Gasteiger partial charge in [0.25, 0.3) is 11.8 Å². The summed E-state index contributed by atoms with van der Waals surface area (Å²) in [4.78, 5) is 42.0. The summed E-state index contributed by atoms with van der Waals surface area (Å²) in [6.45, 7) is 1.92. The molecule has 0 saturated carbocycles. The molecule has 0 radical (unpaired) electrons. The Kier molecular flexibility index (Phi) is 4.74. The van der Waals surface area contributed by atoms with Gasteiger partial charge in [-0.05, 0) is 55.0 Å². The quantitative estimate of drug-likeness (QED) is 0.524. The number of rotatable bonds is 3. The van der Waals surface area contributed by atoms with Gasteiger partial charge in [-0.3, -0.25) is 19.9 Å². The minimum atomic E-state index is -0.821. The summed E-state index contributed by atoms with van der Waals surface area (Å²) < 4.78 is 5.79. The van der Waals surface area contributed by atoms with Crippen LogP contribution >= 0.6 is 11.6 Å². The van der Waals surface area contributed by atoms with E-state index in [0.717, 1.165) is 16.0 Å². The molecule has 4 rings (SSSR count). The van der Waals surface area contributed by atoms with E-state index in [9.17, 15) is 14.4 Å². The Morgan fingerprint density at radius 3 is 2.59 bits per heavy atom. The van der Waals surface area contributed by atoms with Gasteiger partial charge in [-0.25, -0.2) is 9.69 Å². The van der Waals surface area contributed by atoms with Gasteiger partial charge in [-0.2, -0.15) is 0 Å². The van der Waals surface area contributed by atoms with Crippen LogP contribution in [0.15, 0.2) is 64.8 Å². The number of hydrogen-bond acceptors (Lipinski definition) is 5. The van der Waals surface area contributed by atoms with Crippen LogP contribution in [0.5, 0.6) is 0 Å². The van der Waals surface area contributed by atoms with Crippen molar-refractivity contribution in [1.29, 1.82) is 0 Å². The Balaban J connectivity index is 1.69. The van der Waals surface area contributed by atoms with Gasteiger partial charge < -0.3 is 4.42 Å². The first kappa shape index (κ1) is 18.6. The van der Waals surface area contributed by atoms with Gasteiger partial charge in [0.05, 0.1) is 5.69 Å². The zero-order valence-corrected chi connectivity index (χ0v) is 15.9. The lowest BCUT2D eigenvalue weighted by Gasteiger charge is -2.25. The summed E-state index contributed by atoms with van der Waals surface area (Å²) in [5, 5.41) is 2.73. The fourth-order valence-electron chi connectivity index (χ4n) is 2.96. The third-order valence-corrected chi connectivity index (χ3v) is 4.64. The molecule has 144 valence electrons. The van der Waals surface area contributed by atoms with Gasteiger partial charge in [0.15, 0.2) is 0 Å². The van der Waals surface area contributed by atoms with Gasteiger partial charge in [-0.15, -0.1) is 0 Å². The first-order valence-electron chi connectivity index (χ1n) is 8.62. The molecule has 1 aliphatic heterocycles. The van der Waals surface area contributed by atoms with Gasteiger partial charge in [0.1, 0.15) is 17.1 Å². The maximum Gasteiger partial charge on any atom is 0.335 e. The molecule has 0 atom stereocenters. The number of aryl methyl sites for hydroxylation is 1. The molecule has 1 aromatic carbocycles. The highest BCUT2D eigenvalue weighted by atomic mass is 35.5. The van der Waals surface area contributed by atoms with Crippen LogP contribution < -0.4 is 10.2 Å². The van der Waals surface area contributed by atoms with Crippen molar-refractivity contribution in [3.63, 3.8) is 0 Å². The van der Waals surface area contributed by atoms with Gasteiger partial charge in [0.2, 0.25) is 0 Å². The molecule has 8 heteroatoms. The number of imide groups is 2. The number of furan rings is 1. The van der Waals surface area contributed by atoms with Crippen LogP contribution in [0.1, 0.15) is 11.3 Å². The Hall–Kier alpha value is -3.71. The number of halogens is 1. The fraction of sp³-hybridized carbons (Fsp3) is 0.0476. The summed E-state index contributed by atoms with van der Waals surface area (Å²) in [6.07, 6.45) is 4.20. The van der Waals surface area contributed by atoms with E-state index in [-0.39, 0.29) is 5.57 Å². The van der Waals surface area contributed by atoms with E-state index in [0.29, 0.717) is 22.2 Å². The molecule has 29 heavy (non-hydrogen) atoms. The van der Waals surface area contributed by atoms with E-state index >= 15 is 0 Å². The largest absolute Gasteiger partial charge is 0.457 e. The molecule has 3 aromatic rings. The van der Waals surface area contributed by atoms with Crippen LogP contribution in [0.2, 0.25) is 5.02 Å². The first-order valence-corrected chi connectivity index (χ1v) is 8.99. The number of nitrogens with zero attached hydrogens (tertiary/aromatic N) is 2. The molecule has 1 saturated heterocycles. The van der Waals surface area contributed by atoms with Crippen LogP contribution in [0.25, 0.3) is 17.4 Å². The average Bonchev–Trinajstić information content (AvgIpc) is 3.16. The second kappa shape index (κ2) is 7.37. The van der Waals surface area contributed by atoms with Crippen LogP contribution in [0, 0.1) is 6.92 Å². The summed E-state index contributed by atoms with van der Waals surface area (Å²) >= 11 is 6.06. The maximum atomic E-state index is 12.8. The Morgan fingerprint density at radius 1 is 1.07 bits per heavy atom. The SMILES string of the molecule is Cc1ccc(Cl)cc1-c1ccc(/C=C2\C(=O)NC(=O)N(c3ccncc3)C2=O)o1. The number of urea groups is 1. The lowest BCUT2D eigenvalue weighted by Crippen LogP contribution is -2.54. The smallest absolute Gasteiger partial charge is 0.335 e. The highest BCUT2D eigenvalue weighted by Crippen LogP contribution is 2.29. The predicted molar refractivity (Wildman–Crippen MR) is 107 cm³/mol. The highest BCUT2D eigenvalue weighted by Gasteiger charge is 2.37. The topological polar surface area (TPSA) is 92.5 Å². The number of aromatic nitrogens is 1. The minimum Gasteiger partial charge on any atom is -0.457 e. The van der Waals surface area contributed by atoms with E-state index in [2.05, 4.69) is 10.3 Å². The third kappa shape index (κ3) is 3.55. The minimum absolute atomic E-state index is 0.217.